The van der Waals surface area contributed by atoms with Crippen molar-refractivity contribution < 1.29 is 4.79 Å². The number of amides is 1. The quantitative estimate of drug-likeness (QED) is 0.289. The average molecular weight is 590 g/mol. The molecule has 0 spiro atoms. The number of anilines is 2. The van der Waals surface area contributed by atoms with Crippen LogP contribution in [-0.2, 0) is 11.3 Å². The molecule has 200 valence electrons. The first kappa shape index (κ1) is 27.3. The van der Waals surface area contributed by atoms with Gasteiger partial charge in [-0.3, -0.25) is 14.4 Å². The van der Waals surface area contributed by atoms with Gasteiger partial charge in [-0.15, -0.1) is 0 Å². The lowest BCUT2D eigenvalue weighted by molar-refractivity contribution is -0.117. The van der Waals surface area contributed by atoms with Crippen LogP contribution in [0.5, 0.6) is 0 Å². The number of nitrogens with one attached hydrogen (secondary N) is 2. The van der Waals surface area contributed by atoms with Gasteiger partial charge in [0.2, 0.25) is 11.9 Å². The molecule has 3 aromatic rings. The van der Waals surface area contributed by atoms with Crippen LogP contribution in [0.1, 0.15) is 30.9 Å². The first-order chi connectivity index (χ1) is 18.4. The molecule has 5 rings (SSSR count). The zero-order valence-electron chi connectivity index (χ0n) is 21.2. The molecule has 1 amide bonds. The van der Waals surface area contributed by atoms with Crippen LogP contribution in [0.25, 0.3) is 5.70 Å². The van der Waals surface area contributed by atoms with Crippen molar-refractivity contribution >= 4 is 70.2 Å². The summed E-state index contributed by atoms with van der Waals surface area (Å²) in [6, 6.07) is 14.8. The molecule has 11 heteroatoms. The molecule has 0 bridgehead atoms. The van der Waals surface area contributed by atoms with Gasteiger partial charge in [-0.1, -0.05) is 53.2 Å². The third-order valence-corrected chi connectivity index (χ3v) is 9.79. The number of benzene rings is 2. The second kappa shape index (κ2) is 12.3. The summed E-state index contributed by atoms with van der Waals surface area (Å²) in [6.45, 7) is 4.38. The summed E-state index contributed by atoms with van der Waals surface area (Å²) in [5.41, 5.74) is 4.57. The summed E-state index contributed by atoms with van der Waals surface area (Å²) in [5, 5.41) is 3.41. The van der Waals surface area contributed by atoms with Crippen molar-refractivity contribution in [3.8, 4) is 0 Å². The van der Waals surface area contributed by atoms with E-state index in [0.29, 0.717) is 16.1 Å². The van der Waals surface area contributed by atoms with Crippen molar-refractivity contribution in [3.63, 3.8) is 0 Å². The Morgan fingerprint density at radius 3 is 2.74 bits per heavy atom. The molecule has 0 aliphatic carbocycles. The normalized spacial score (nSPS) is 18.5. The van der Waals surface area contributed by atoms with Crippen molar-refractivity contribution in [1.82, 2.24) is 24.5 Å². The molecule has 1 unspecified atom stereocenters. The van der Waals surface area contributed by atoms with E-state index in [1.807, 2.05) is 36.3 Å². The number of hydrogen-bond donors (Lipinski definition) is 2. The molecule has 2 aromatic carbocycles. The second-order valence-electron chi connectivity index (χ2n) is 9.41. The van der Waals surface area contributed by atoms with Crippen LogP contribution < -0.4 is 9.62 Å². The fraction of sp³-hybridized carbons (Fsp3) is 0.333. The first-order valence-corrected chi connectivity index (χ1v) is 15.0. The molecule has 2 N–H and O–H groups in total. The number of hydrogen-bond acceptors (Lipinski definition) is 7. The monoisotopic (exact) mass is 588 g/mol. The Labute approximate surface area is 242 Å². The van der Waals surface area contributed by atoms with E-state index in [1.54, 1.807) is 24.9 Å². The molecule has 2 aliphatic rings. The molecule has 1 fully saturated rings. The summed E-state index contributed by atoms with van der Waals surface area (Å²) in [5.74, 6) is 0.754. The Bertz CT molecular complexity index is 1300. The third kappa shape index (κ3) is 6.29. The topological polar surface area (TPSA) is 67.5 Å². The smallest absolute Gasteiger partial charge is 0.226 e. The number of thioether (sulfide) groups is 1. The third-order valence-electron chi connectivity index (χ3n) is 6.78. The van der Waals surface area contributed by atoms with E-state index in [1.165, 1.54) is 23.2 Å². The van der Waals surface area contributed by atoms with Gasteiger partial charge in [-0.2, -0.15) is 0 Å². The van der Waals surface area contributed by atoms with Crippen molar-refractivity contribution in [2.75, 3.05) is 25.0 Å². The number of aromatic amines is 1. The number of nitrogens with zero attached hydrogens (tertiary/aromatic N) is 4. The predicted molar refractivity (Wildman–Crippen MR) is 160 cm³/mol. The van der Waals surface area contributed by atoms with Crippen molar-refractivity contribution in [2.24, 2.45) is 0 Å². The highest BCUT2D eigenvalue weighted by Gasteiger charge is 2.36. The highest BCUT2D eigenvalue weighted by molar-refractivity contribution is 8.18. The van der Waals surface area contributed by atoms with Gasteiger partial charge in [0, 0.05) is 63.3 Å². The van der Waals surface area contributed by atoms with Crippen LogP contribution in [0.4, 0.5) is 11.6 Å². The molecule has 1 atom stereocenters. The van der Waals surface area contributed by atoms with Crippen molar-refractivity contribution in [1.29, 1.82) is 0 Å². The molecule has 0 saturated carbocycles. The van der Waals surface area contributed by atoms with Gasteiger partial charge < -0.3 is 14.8 Å². The minimum Gasteiger partial charge on any atom is -0.345 e. The van der Waals surface area contributed by atoms with Crippen LogP contribution in [0.3, 0.4) is 0 Å². The van der Waals surface area contributed by atoms with Crippen molar-refractivity contribution in [3.05, 3.63) is 81.4 Å². The Morgan fingerprint density at radius 1 is 1.21 bits per heavy atom. The largest absolute Gasteiger partial charge is 0.345 e. The van der Waals surface area contributed by atoms with Crippen LogP contribution in [0.15, 0.2) is 60.3 Å². The van der Waals surface area contributed by atoms with Crippen LogP contribution >= 0.6 is 46.9 Å². The molecule has 0 radical (unpaired) electrons. The number of aromatic nitrogens is 2. The van der Waals surface area contributed by atoms with Crippen LogP contribution in [0, 0.1) is 0 Å². The van der Waals surface area contributed by atoms with Gasteiger partial charge in [0.15, 0.2) is 0 Å². The molecule has 38 heavy (non-hydrogen) atoms. The number of H-pyrrole nitrogens is 1. The lowest BCUT2D eigenvalue weighted by atomic mass is 10.0. The summed E-state index contributed by atoms with van der Waals surface area (Å²) >= 11 is 15.6. The van der Waals surface area contributed by atoms with Gasteiger partial charge in [0.05, 0.1) is 15.7 Å². The zero-order chi connectivity index (χ0) is 26.6. The first-order valence-electron chi connectivity index (χ1n) is 12.4. The Hall–Kier alpha value is -2.30. The number of halogens is 2. The lowest BCUT2D eigenvalue weighted by Crippen LogP contribution is -2.45. The van der Waals surface area contributed by atoms with E-state index in [2.05, 4.69) is 54.2 Å². The lowest BCUT2D eigenvalue weighted by Gasteiger charge is -2.41. The highest BCUT2D eigenvalue weighted by Crippen LogP contribution is 2.45. The molecular formula is C27H30Cl2N6OS2. The van der Waals surface area contributed by atoms with Gasteiger partial charge in [-0.05, 0) is 60.0 Å². The van der Waals surface area contributed by atoms with Gasteiger partial charge >= 0.3 is 0 Å². The molecule has 1 saturated heterocycles. The molecule has 7 nitrogen and oxygen atoms in total. The maximum Gasteiger partial charge on any atom is 0.226 e. The Balaban J connectivity index is 1.32. The number of carbonyl (C=O) groups excluding carboxylic acids is 1. The van der Waals surface area contributed by atoms with Gasteiger partial charge in [-0.25, -0.2) is 4.98 Å². The van der Waals surface area contributed by atoms with E-state index in [9.17, 15) is 4.79 Å². The van der Waals surface area contributed by atoms with E-state index in [0.717, 1.165) is 49.7 Å². The number of carbonyl (C=O) groups is 1. The van der Waals surface area contributed by atoms with E-state index in [4.69, 9.17) is 23.2 Å². The zero-order valence-corrected chi connectivity index (χ0v) is 24.4. The fourth-order valence-electron chi connectivity index (χ4n) is 4.85. The van der Waals surface area contributed by atoms with Crippen molar-refractivity contribution in [2.45, 2.75) is 37.1 Å². The van der Waals surface area contributed by atoms with E-state index >= 15 is 0 Å². The number of likely N-dealkylation sites (tertiary alicyclic amines) is 1. The second-order valence-corrected chi connectivity index (χ2v) is 12.4. The maximum atomic E-state index is 11.7. The predicted octanol–water partition coefficient (Wildman–Crippen LogP) is 6.56. The standard InChI is InChI=1S/C27H30Cl2N6OS2/c1-18(36)32-38-27-35(21-8-12-34(13-9-21)16-19-6-7-23(28)24(29)14-19)25(17-37-27)20-4-3-5-22(15-20)33(2)26-30-10-11-31-26/h3-7,10-11,14-15,17,21,27H,8-9,12-13,16H2,1-2H3,(H,30,31)(H,32,36). The van der Waals surface area contributed by atoms with Gasteiger partial charge in [0.25, 0.3) is 0 Å². The maximum absolute atomic E-state index is 11.7. The minimum absolute atomic E-state index is 0.0393. The van der Waals surface area contributed by atoms with Gasteiger partial charge in [0.1, 0.15) is 4.71 Å². The number of imidazole rings is 1. The summed E-state index contributed by atoms with van der Waals surface area (Å²) < 4.78 is 3.03. The number of piperidine rings is 1. The summed E-state index contributed by atoms with van der Waals surface area (Å²) in [6.07, 6.45) is 5.64. The SMILES string of the molecule is CC(=O)NSC1SC=C(c2cccc(N(C)c3ncc[nH]3)c2)N1C1CCN(Cc2ccc(Cl)c(Cl)c2)CC1. The average Bonchev–Trinajstić information content (AvgIpc) is 3.60. The molecular weight excluding hydrogens is 559 g/mol. The summed E-state index contributed by atoms with van der Waals surface area (Å²) in [4.78, 5) is 26.3. The molecule has 3 heterocycles. The highest BCUT2D eigenvalue weighted by atomic mass is 35.5. The summed E-state index contributed by atoms with van der Waals surface area (Å²) in [7, 11) is 2.01. The van der Waals surface area contributed by atoms with Crippen LogP contribution in [0.2, 0.25) is 10.0 Å². The molecule has 1 aromatic heterocycles. The Morgan fingerprint density at radius 2 is 2.03 bits per heavy atom. The minimum atomic E-state index is -0.0393. The fourth-order valence-corrected chi connectivity index (χ4v) is 7.29. The van der Waals surface area contributed by atoms with E-state index < -0.39 is 0 Å². The number of rotatable bonds is 8. The Kier molecular flexibility index (Phi) is 8.80. The van der Waals surface area contributed by atoms with Crippen LogP contribution in [-0.4, -0.2) is 56.6 Å². The van der Waals surface area contributed by atoms with E-state index in [-0.39, 0.29) is 10.6 Å². The molecule has 2 aliphatic heterocycles.